The van der Waals surface area contributed by atoms with Crippen LogP contribution in [0.1, 0.15) is 22.3 Å². The summed E-state index contributed by atoms with van der Waals surface area (Å²) in [4.78, 5) is 12.5. The summed E-state index contributed by atoms with van der Waals surface area (Å²) < 4.78 is 187. The monoisotopic (exact) mass is 1090 g/mol. The van der Waals surface area contributed by atoms with Crippen LogP contribution >= 0.6 is 0 Å². The van der Waals surface area contributed by atoms with E-state index in [0.717, 1.165) is 48.5 Å². The first kappa shape index (κ1) is 54.2. The van der Waals surface area contributed by atoms with Crippen LogP contribution in [-0.4, -0.2) is 34.7 Å². The van der Waals surface area contributed by atoms with Gasteiger partial charge in [-0.2, -0.15) is 52.7 Å². The molecule has 0 aliphatic heterocycles. The minimum absolute atomic E-state index is 0.0101. The fourth-order valence-electron chi connectivity index (χ4n) is 10.1. The Bertz CT molecular complexity index is 3340. The molecule has 0 bridgehead atoms. The highest BCUT2D eigenvalue weighted by Crippen LogP contribution is 2.58. The van der Waals surface area contributed by atoms with Crippen molar-refractivity contribution in [2.45, 2.75) is 35.5 Å². The van der Waals surface area contributed by atoms with E-state index in [0.29, 0.717) is 52.6 Å². The molecule has 10 aromatic rings. The molecule has 0 saturated carbocycles. The van der Waals surface area contributed by atoms with Crippen LogP contribution in [0.25, 0.3) is 33.9 Å². The Labute approximate surface area is 451 Å². The number of nitrogens with zero attached hydrogens (tertiary/aromatic N) is 4. The predicted octanol–water partition coefficient (Wildman–Crippen LogP) is 19.2. The van der Waals surface area contributed by atoms with Crippen molar-refractivity contribution in [3.63, 3.8) is 0 Å². The third-order valence-corrected chi connectivity index (χ3v) is 13.9. The van der Waals surface area contributed by atoms with E-state index in [2.05, 4.69) is 9.97 Å². The number of benzene rings is 9. The highest BCUT2D eigenvalue weighted by molar-refractivity contribution is 5.79. The number of aromatic nitrogens is 2. The first-order valence-corrected chi connectivity index (χ1v) is 24.7. The Kier molecular flexibility index (Phi) is 14.4. The van der Waals surface area contributed by atoms with Gasteiger partial charge in [-0.1, -0.05) is 176 Å². The highest BCUT2D eigenvalue weighted by atomic mass is 19.4. The van der Waals surface area contributed by atoms with E-state index in [-0.39, 0.29) is 39.7 Å². The number of halogens is 12. The Hall–Kier alpha value is -9.18. The summed E-state index contributed by atoms with van der Waals surface area (Å²) in [5, 5.41) is 0. The molecule has 0 radical (unpaired) electrons. The van der Waals surface area contributed by atoms with Crippen LogP contribution in [0, 0.1) is 0 Å². The van der Waals surface area contributed by atoms with E-state index in [9.17, 15) is 0 Å². The molecule has 80 heavy (non-hydrogen) atoms. The van der Waals surface area contributed by atoms with E-state index in [4.69, 9.17) is 0 Å². The van der Waals surface area contributed by atoms with Gasteiger partial charge in [-0.15, -0.1) is 0 Å². The summed E-state index contributed by atoms with van der Waals surface area (Å²) >= 11 is 0. The third kappa shape index (κ3) is 9.90. The fraction of sp³-hybridized carbons (Fsp3) is 0.0938. The van der Waals surface area contributed by atoms with E-state index in [1.54, 1.807) is 161 Å². The van der Waals surface area contributed by atoms with E-state index < -0.39 is 57.8 Å². The molecule has 1 aromatic heterocycles. The molecule has 10 rings (SSSR count). The van der Waals surface area contributed by atoms with Gasteiger partial charge in [-0.25, -0.2) is 9.97 Å². The summed E-state index contributed by atoms with van der Waals surface area (Å²) in [6, 6.07) is 59.3. The molecule has 0 saturated heterocycles. The van der Waals surface area contributed by atoms with Crippen molar-refractivity contribution in [2.75, 3.05) is 9.80 Å². The number of hydrogen-bond acceptors (Lipinski definition) is 4. The summed E-state index contributed by atoms with van der Waals surface area (Å²) in [5.74, 6) is -0.229. The normalized spacial score (nSPS) is 12.5. The number of hydrogen-bond donors (Lipinski definition) is 0. The van der Waals surface area contributed by atoms with Crippen molar-refractivity contribution in [3.05, 3.63) is 277 Å². The van der Waals surface area contributed by atoms with Gasteiger partial charge in [0.2, 0.25) is 10.8 Å². The van der Waals surface area contributed by atoms with Gasteiger partial charge >= 0.3 is 24.7 Å². The number of alkyl halides is 12. The molecular formula is C64H42F12N4. The zero-order chi connectivity index (χ0) is 56.5. The van der Waals surface area contributed by atoms with Gasteiger partial charge in [0.05, 0.1) is 11.4 Å². The molecule has 0 atom stereocenters. The lowest BCUT2D eigenvalue weighted by atomic mass is 9.72. The van der Waals surface area contributed by atoms with E-state index in [1.165, 1.54) is 30.3 Å². The Morgan fingerprint density at radius 2 is 0.463 bits per heavy atom. The zero-order valence-electron chi connectivity index (χ0n) is 41.6. The van der Waals surface area contributed by atoms with E-state index >= 15 is 52.7 Å². The van der Waals surface area contributed by atoms with Crippen LogP contribution in [0.4, 0.5) is 86.8 Å². The van der Waals surface area contributed by atoms with Crippen LogP contribution < -0.4 is 9.80 Å². The average molecular weight is 1100 g/mol. The first-order chi connectivity index (χ1) is 38.2. The van der Waals surface area contributed by atoms with Gasteiger partial charge in [0.1, 0.15) is 0 Å². The van der Waals surface area contributed by atoms with Crippen molar-refractivity contribution in [2.24, 2.45) is 0 Å². The zero-order valence-corrected chi connectivity index (χ0v) is 41.6. The summed E-state index contributed by atoms with van der Waals surface area (Å²) in [5.41, 5.74) is -10.2. The lowest BCUT2D eigenvalue weighted by Gasteiger charge is -2.38. The number of rotatable bonds is 13. The molecule has 0 N–H and O–H groups in total. The van der Waals surface area contributed by atoms with Crippen molar-refractivity contribution in [1.29, 1.82) is 0 Å². The van der Waals surface area contributed by atoms with Gasteiger partial charge in [-0.3, -0.25) is 0 Å². The Morgan fingerprint density at radius 1 is 0.237 bits per heavy atom. The molecule has 16 heteroatoms. The van der Waals surface area contributed by atoms with Crippen LogP contribution in [0.3, 0.4) is 0 Å². The van der Waals surface area contributed by atoms with Gasteiger partial charge < -0.3 is 9.80 Å². The molecular weight excluding hydrogens is 1050 g/mol. The Morgan fingerprint density at radius 3 is 0.738 bits per heavy atom. The van der Waals surface area contributed by atoms with Gasteiger partial charge in [0.15, 0.2) is 5.82 Å². The molecule has 0 fully saturated rings. The largest absolute Gasteiger partial charge is 0.411 e. The summed E-state index contributed by atoms with van der Waals surface area (Å²) in [6.07, 6.45) is -23.8. The molecule has 402 valence electrons. The minimum atomic E-state index is -5.94. The SMILES string of the molecule is FC(F)(F)C(c1ccc(-c2cc(-c3ccccc3)nc(-c3ccc(C(c4ccc(N(c5ccccc5)c5ccccc5)cc4)(C(F)(F)F)C(F)(F)F)cc3)n2)cc1)(c1ccc(N(c2ccccc2)c2ccccc2)cc1)C(F)(F)F. The standard InChI is InChI=1S/C64H42F12N4/c65-61(66,67)59(62(68,69)70,48-34-38-54(39-35-48)79(50-18-8-2-9-19-50)51-20-10-3-11-21-51)46-30-26-44(27-31-46)57-42-56(43-16-6-1-7-17-43)77-58(78-57)45-28-32-47(33-29-45)60(63(71,72)73,64(74,75)76)49-36-40-55(41-37-49)80(52-22-12-4-13-23-52)53-24-14-5-15-25-53/h1-42H. The second-order valence-electron chi connectivity index (χ2n) is 18.6. The second-order valence-corrected chi connectivity index (χ2v) is 18.6. The minimum Gasteiger partial charge on any atom is -0.311 e. The molecule has 1 heterocycles. The topological polar surface area (TPSA) is 32.3 Å². The number of para-hydroxylation sites is 4. The van der Waals surface area contributed by atoms with Crippen molar-refractivity contribution in [1.82, 2.24) is 9.97 Å². The number of anilines is 6. The first-order valence-electron chi connectivity index (χ1n) is 24.7. The molecule has 0 amide bonds. The van der Waals surface area contributed by atoms with Crippen molar-refractivity contribution >= 4 is 34.1 Å². The molecule has 0 spiro atoms. The Balaban J connectivity index is 1.03. The molecule has 0 unspecified atom stereocenters. The maximum absolute atomic E-state index is 15.6. The van der Waals surface area contributed by atoms with Gasteiger partial charge in [-0.05, 0) is 101 Å². The van der Waals surface area contributed by atoms with Crippen LogP contribution in [0.2, 0.25) is 0 Å². The summed E-state index contributed by atoms with van der Waals surface area (Å²) in [6.45, 7) is 0. The quantitative estimate of drug-likeness (QED) is 0.108. The average Bonchev–Trinajstić information content (AvgIpc) is 3.51. The molecule has 0 aliphatic rings. The summed E-state index contributed by atoms with van der Waals surface area (Å²) in [7, 11) is 0. The fourth-order valence-corrected chi connectivity index (χ4v) is 10.1. The maximum atomic E-state index is 15.6. The smallest absolute Gasteiger partial charge is 0.311 e. The lowest BCUT2D eigenvalue weighted by molar-refractivity contribution is -0.290. The molecule has 0 aliphatic carbocycles. The van der Waals surface area contributed by atoms with Crippen molar-refractivity contribution in [3.8, 4) is 33.9 Å². The molecule has 9 aromatic carbocycles. The van der Waals surface area contributed by atoms with Crippen LogP contribution in [-0.2, 0) is 10.8 Å². The van der Waals surface area contributed by atoms with Crippen molar-refractivity contribution < 1.29 is 52.7 Å². The van der Waals surface area contributed by atoms with Gasteiger partial charge in [0.25, 0.3) is 0 Å². The van der Waals surface area contributed by atoms with Crippen LogP contribution in [0.15, 0.2) is 255 Å². The maximum Gasteiger partial charge on any atom is 0.411 e. The highest BCUT2D eigenvalue weighted by Gasteiger charge is 2.73. The third-order valence-electron chi connectivity index (χ3n) is 13.9. The van der Waals surface area contributed by atoms with Gasteiger partial charge in [0, 0.05) is 50.8 Å². The van der Waals surface area contributed by atoms with E-state index in [1.807, 2.05) is 0 Å². The predicted molar refractivity (Wildman–Crippen MR) is 286 cm³/mol. The lowest BCUT2D eigenvalue weighted by Crippen LogP contribution is -2.54. The van der Waals surface area contributed by atoms with Crippen LogP contribution in [0.5, 0.6) is 0 Å². The molecule has 4 nitrogen and oxygen atoms in total. The second kappa shape index (κ2) is 21.2.